The lowest BCUT2D eigenvalue weighted by molar-refractivity contribution is -0.142. The molecule has 1 heterocycles. The summed E-state index contributed by atoms with van der Waals surface area (Å²) in [6.07, 6.45) is 0. The number of carboxylic acids is 1. The highest BCUT2D eigenvalue weighted by Crippen LogP contribution is 2.33. The molecule has 116 valence electrons. The molecule has 0 spiro atoms. The topological polar surface area (TPSA) is 74.7 Å². The lowest BCUT2D eigenvalue weighted by Gasteiger charge is -2.17. The first-order valence-corrected chi connectivity index (χ1v) is 8.25. The molecule has 1 aromatic rings. The average molecular weight is 384 g/mol. The van der Waals surface area contributed by atoms with Gasteiger partial charge in [-0.25, -0.2) is 17.2 Å². The van der Waals surface area contributed by atoms with Crippen LogP contribution in [0.3, 0.4) is 0 Å². The molecule has 1 aliphatic heterocycles. The highest BCUT2D eigenvalue weighted by Gasteiger charge is 2.42. The van der Waals surface area contributed by atoms with Crippen molar-refractivity contribution in [2.24, 2.45) is 11.8 Å². The largest absolute Gasteiger partial charge is 0.481 e. The molecule has 5 nitrogen and oxygen atoms in total. The molecular weight excluding hydrogens is 372 g/mol. The maximum absolute atomic E-state index is 13.8. The third kappa shape index (κ3) is 2.95. The monoisotopic (exact) mass is 383 g/mol. The molecule has 1 aromatic carbocycles. The van der Waals surface area contributed by atoms with E-state index in [2.05, 4.69) is 15.9 Å². The van der Waals surface area contributed by atoms with Gasteiger partial charge < -0.3 is 5.11 Å². The molecule has 1 N–H and O–H groups in total. The summed E-state index contributed by atoms with van der Waals surface area (Å²) in [6.45, 7) is 1.36. The quantitative estimate of drug-likeness (QED) is 0.866. The number of carbonyl (C=O) groups is 1. The van der Waals surface area contributed by atoms with Crippen LogP contribution >= 0.6 is 15.9 Å². The van der Waals surface area contributed by atoms with Crippen LogP contribution in [0.25, 0.3) is 0 Å². The number of sulfonamides is 1. The van der Waals surface area contributed by atoms with Crippen molar-refractivity contribution < 1.29 is 27.1 Å². The van der Waals surface area contributed by atoms with Gasteiger partial charge in [-0.1, -0.05) is 6.92 Å². The van der Waals surface area contributed by atoms with E-state index in [4.69, 9.17) is 5.11 Å². The molecule has 0 saturated carbocycles. The van der Waals surface area contributed by atoms with E-state index < -0.39 is 38.4 Å². The van der Waals surface area contributed by atoms with E-state index in [-0.39, 0.29) is 23.5 Å². The molecular formula is C12H12BrF2NO4S. The van der Waals surface area contributed by atoms with Gasteiger partial charge in [0.25, 0.3) is 0 Å². The van der Waals surface area contributed by atoms with E-state index in [1.165, 1.54) is 0 Å². The Hall–Kier alpha value is -1.06. The van der Waals surface area contributed by atoms with E-state index in [9.17, 15) is 22.0 Å². The lowest BCUT2D eigenvalue weighted by atomic mass is 9.99. The highest BCUT2D eigenvalue weighted by molar-refractivity contribution is 9.10. The highest BCUT2D eigenvalue weighted by atomic mass is 79.9. The number of nitrogens with zero attached hydrogens (tertiary/aromatic N) is 1. The normalized spacial score (nSPS) is 23.4. The molecule has 0 bridgehead atoms. The molecule has 0 amide bonds. The first-order valence-electron chi connectivity index (χ1n) is 6.02. The van der Waals surface area contributed by atoms with Gasteiger partial charge in [0.05, 0.1) is 5.92 Å². The molecule has 2 atom stereocenters. The summed E-state index contributed by atoms with van der Waals surface area (Å²) >= 11 is 2.84. The van der Waals surface area contributed by atoms with Gasteiger partial charge in [0.1, 0.15) is 16.5 Å². The summed E-state index contributed by atoms with van der Waals surface area (Å²) in [5, 5.41) is 9.03. The van der Waals surface area contributed by atoms with Crippen molar-refractivity contribution in [1.29, 1.82) is 0 Å². The third-order valence-electron chi connectivity index (χ3n) is 3.46. The Morgan fingerprint density at radius 3 is 2.48 bits per heavy atom. The zero-order valence-electron chi connectivity index (χ0n) is 10.9. The van der Waals surface area contributed by atoms with Crippen LogP contribution in [-0.2, 0) is 14.8 Å². The van der Waals surface area contributed by atoms with E-state index >= 15 is 0 Å². The van der Waals surface area contributed by atoms with Gasteiger partial charge in [-0.2, -0.15) is 4.31 Å². The van der Waals surface area contributed by atoms with Gasteiger partial charge in [0.2, 0.25) is 10.0 Å². The lowest BCUT2D eigenvalue weighted by Crippen LogP contribution is -2.31. The summed E-state index contributed by atoms with van der Waals surface area (Å²) in [6, 6.07) is 1.33. The summed E-state index contributed by atoms with van der Waals surface area (Å²) in [4.78, 5) is 10.4. The summed E-state index contributed by atoms with van der Waals surface area (Å²) in [7, 11) is -4.23. The van der Waals surface area contributed by atoms with E-state index in [1.807, 2.05) is 0 Å². The van der Waals surface area contributed by atoms with E-state index in [0.29, 0.717) is 6.07 Å². The van der Waals surface area contributed by atoms with Crippen LogP contribution in [0.2, 0.25) is 0 Å². The predicted molar refractivity (Wildman–Crippen MR) is 73.1 cm³/mol. The van der Waals surface area contributed by atoms with Crippen LogP contribution in [0.5, 0.6) is 0 Å². The van der Waals surface area contributed by atoms with Crippen molar-refractivity contribution in [3.8, 4) is 0 Å². The van der Waals surface area contributed by atoms with E-state index in [1.54, 1.807) is 6.92 Å². The Labute approximate surface area is 128 Å². The van der Waals surface area contributed by atoms with Crippen molar-refractivity contribution >= 4 is 31.9 Å². The van der Waals surface area contributed by atoms with Crippen molar-refractivity contribution in [1.82, 2.24) is 4.31 Å². The Morgan fingerprint density at radius 1 is 1.38 bits per heavy atom. The molecule has 21 heavy (non-hydrogen) atoms. The van der Waals surface area contributed by atoms with Crippen LogP contribution in [0.15, 0.2) is 21.5 Å². The molecule has 2 rings (SSSR count). The zero-order valence-corrected chi connectivity index (χ0v) is 13.3. The summed E-state index contributed by atoms with van der Waals surface area (Å²) in [5.41, 5.74) is 0. The van der Waals surface area contributed by atoms with Gasteiger partial charge in [-0.15, -0.1) is 0 Å². The number of halogens is 3. The molecule has 0 aromatic heterocycles. The zero-order chi connectivity index (χ0) is 15.9. The fourth-order valence-corrected chi connectivity index (χ4v) is 5.02. The molecule has 2 unspecified atom stereocenters. The molecule has 0 aliphatic carbocycles. The molecule has 1 saturated heterocycles. The minimum atomic E-state index is -4.23. The molecule has 0 radical (unpaired) electrons. The maximum Gasteiger partial charge on any atom is 0.308 e. The molecule has 9 heteroatoms. The van der Waals surface area contributed by atoms with Gasteiger partial charge >= 0.3 is 5.97 Å². The minimum Gasteiger partial charge on any atom is -0.481 e. The van der Waals surface area contributed by atoms with Crippen molar-refractivity contribution in [3.63, 3.8) is 0 Å². The number of hydrogen-bond donors (Lipinski definition) is 1. The number of benzene rings is 1. The summed E-state index contributed by atoms with van der Waals surface area (Å²) in [5.74, 6) is -4.45. The fraction of sp³-hybridized carbons (Fsp3) is 0.417. The smallest absolute Gasteiger partial charge is 0.308 e. The van der Waals surface area contributed by atoms with Crippen molar-refractivity contribution in [2.45, 2.75) is 11.8 Å². The third-order valence-corrected chi connectivity index (χ3v) is 6.25. The van der Waals surface area contributed by atoms with Crippen LogP contribution < -0.4 is 0 Å². The Balaban J connectivity index is 2.43. The van der Waals surface area contributed by atoms with Crippen LogP contribution in [0, 0.1) is 23.5 Å². The second kappa shape index (κ2) is 5.62. The Morgan fingerprint density at radius 2 is 2.00 bits per heavy atom. The van der Waals surface area contributed by atoms with Crippen molar-refractivity contribution in [2.75, 3.05) is 13.1 Å². The number of aliphatic carboxylic acids is 1. The van der Waals surface area contributed by atoms with Crippen LogP contribution in [-0.4, -0.2) is 36.9 Å². The SMILES string of the molecule is CC1CN(S(=O)(=O)c2c(F)cc(F)cc2Br)CC1C(=O)O. The number of rotatable bonds is 3. The van der Waals surface area contributed by atoms with Gasteiger partial charge in [-0.3, -0.25) is 4.79 Å². The minimum absolute atomic E-state index is 0.0252. The Bertz CT molecular complexity index is 671. The summed E-state index contributed by atoms with van der Waals surface area (Å²) < 4.78 is 52.4. The van der Waals surface area contributed by atoms with Gasteiger partial charge in [-0.05, 0) is 27.9 Å². The fourth-order valence-electron chi connectivity index (χ4n) is 2.34. The average Bonchev–Trinajstić information content (AvgIpc) is 2.70. The van der Waals surface area contributed by atoms with Crippen molar-refractivity contribution in [3.05, 3.63) is 28.2 Å². The second-order valence-electron chi connectivity index (χ2n) is 4.94. The van der Waals surface area contributed by atoms with Gasteiger partial charge in [0.15, 0.2) is 0 Å². The molecule has 1 aliphatic rings. The number of carboxylic acid groups (broad SMARTS) is 1. The Kier molecular flexibility index (Phi) is 4.36. The van der Waals surface area contributed by atoms with Gasteiger partial charge in [0, 0.05) is 23.6 Å². The van der Waals surface area contributed by atoms with E-state index in [0.717, 1.165) is 10.4 Å². The standard InChI is InChI=1S/C12H12BrF2NO4S/c1-6-4-16(5-8(6)12(17)18)21(19,20)11-9(13)2-7(14)3-10(11)15/h2-3,6,8H,4-5H2,1H3,(H,17,18). The second-order valence-corrected chi connectivity index (χ2v) is 7.67. The predicted octanol–water partition coefficient (Wildman–Crippen LogP) is 2.07. The first kappa shape index (κ1) is 16.3. The van der Waals surface area contributed by atoms with Crippen LogP contribution in [0.1, 0.15) is 6.92 Å². The van der Waals surface area contributed by atoms with Crippen LogP contribution in [0.4, 0.5) is 8.78 Å². The molecule has 1 fully saturated rings. The number of hydrogen-bond acceptors (Lipinski definition) is 3. The first-order chi connectivity index (χ1) is 9.64. The maximum atomic E-state index is 13.8.